The number of nitrogens with one attached hydrogen (secondary N) is 2. The molecule has 0 saturated carbocycles. The molecule has 3 aromatic rings. The van der Waals surface area contributed by atoms with Crippen molar-refractivity contribution in [3.63, 3.8) is 0 Å². The van der Waals surface area contributed by atoms with Gasteiger partial charge in [-0.2, -0.15) is 0 Å². The SMILES string of the molecule is CC(O)(CNC(=O)c1ccc(NC(=O)OCC2c3ccccc3-c3ccccc32)c(Cl)c1)C(=O)O. The van der Waals surface area contributed by atoms with Crippen LogP contribution in [-0.4, -0.2) is 46.9 Å². The number of ether oxygens (including phenoxy) is 1. The van der Waals surface area contributed by atoms with Crippen molar-refractivity contribution in [1.29, 1.82) is 0 Å². The summed E-state index contributed by atoms with van der Waals surface area (Å²) in [5.41, 5.74) is 2.71. The summed E-state index contributed by atoms with van der Waals surface area (Å²) in [6.07, 6.45) is -0.691. The van der Waals surface area contributed by atoms with Gasteiger partial charge in [-0.15, -0.1) is 0 Å². The first kappa shape index (κ1) is 24.3. The fourth-order valence-corrected chi connectivity index (χ4v) is 4.16. The van der Waals surface area contributed by atoms with Crippen molar-refractivity contribution in [2.24, 2.45) is 0 Å². The Hall–Kier alpha value is -3.88. The number of fused-ring (bicyclic) bond motifs is 3. The third-order valence-corrected chi connectivity index (χ3v) is 6.18. The molecule has 0 aliphatic heterocycles. The number of carbonyl (C=O) groups is 3. The van der Waals surface area contributed by atoms with Crippen LogP contribution in [0, 0.1) is 0 Å². The predicted octanol–water partition coefficient (Wildman–Crippen LogP) is 4.27. The van der Waals surface area contributed by atoms with E-state index in [1.54, 1.807) is 0 Å². The quantitative estimate of drug-likeness (QED) is 0.389. The van der Waals surface area contributed by atoms with Gasteiger partial charge in [-0.05, 0) is 47.4 Å². The van der Waals surface area contributed by atoms with E-state index in [9.17, 15) is 19.5 Å². The maximum Gasteiger partial charge on any atom is 0.411 e. The Bertz CT molecular complexity index is 1260. The first-order valence-electron chi connectivity index (χ1n) is 10.8. The van der Waals surface area contributed by atoms with Gasteiger partial charge in [0.15, 0.2) is 5.60 Å². The molecule has 0 aromatic heterocycles. The van der Waals surface area contributed by atoms with Gasteiger partial charge in [0.1, 0.15) is 6.61 Å². The van der Waals surface area contributed by atoms with Crippen LogP contribution < -0.4 is 10.6 Å². The van der Waals surface area contributed by atoms with Crippen molar-refractivity contribution in [1.82, 2.24) is 5.32 Å². The van der Waals surface area contributed by atoms with Crippen molar-refractivity contribution >= 4 is 35.3 Å². The van der Waals surface area contributed by atoms with Crippen LogP contribution in [0.5, 0.6) is 0 Å². The topological polar surface area (TPSA) is 125 Å². The molecule has 1 atom stereocenters. The maximum atomic E-state index is 12.5. The molecule has 0 bridgehead atoms. The number of amides is 2. The molecule has 1 aliphatic carbocycles. The molecule has 8 nitrogen and oxygen atoms in total. The molecule has 0 radical (unpaired) electrons. The van der Waals surface area contributed by atoms with Gasteiger partial charge in [0.05, 0.1) is 17.3 Å². The van der Waals surface area contributed by atoms with E-state index in [2.05, 4.69) is 22.8 Å². The molecule has 180 valence electrons. The number of hydrogen-bond acceptors (Lipinski definition) is 5. The second-order valence-corrected chi connectivity index (χ2v) is 8.81. The Morgan fingerprint density at radius 2 is 1.60 bits per heavy atom. The summed E-state index contributed by atoms with van der Waals surface area (Å²) in [4.78, 5) is 35.7. The molecule has 0 heterocycles. The molecule has 0 saturated heterocycles. The average Bonchev–Trinajstić information content (AvgIpc) is 3.16. The summed E-state index contributed by atoms with van der Waals surface area (Å²) >= 11 is 6.23. The minimum atomic E-state index is -2.11. The lowest BCUT2D eigenvalue weighted by atomic mass is 9.98. The Balaban J connectivity index is 1.38. The van der Waals surface area contributed by atoms with Gasteiger partial charge in [-0.25, -0.2) is 9.59 Å². The lowest BCUT2D eigenvalue weighted by molar-refractivity contribution is -0.155. The number of benzene rings is 3. The lowest BCUT2D eigenvalue weighted by Crippen LogP contribution is -2.46. The average molecular weight is 495 g/mol. The van der Waals surface area contributed by atoms with Crippen LogP contribution in [0.1, 0.15) is 34.3 Å². The van der Waals surface area contributed by atoms with E-state index in [1.165, 1.54) is 18.2 Å². The maximum absolute atomic E-state index is 12.5. The Morgan fingerprint density at radius 3 is 2.17 bits per heavy atom. The summed E-state index contributed by atoms with van der Waals surface area (Å²) in [6, 6.07) is 20.2. The molecular weight excluding hydrogens is 472 g/mol. The molecule has 0 spiro atoms. The fraction of sp³-hybridized carbons (Fsp3) is 0.192. The van der Waals surface area contributed by atoms with Crippen molar-refractivity contribution in [3.05, 3.63) is 88.4 Å². The second kappa shape index (κ2) is 9.77. The highest BCUT2D eigenvalue weighted by Gasteiger charge is 2.31. The van der Waals surface area contributed by atoms with Crippen molar-refractivity contribution in [2.45, 2.75) is 18.4 Å². The molecular formula is C26H23ClN2O6. The molecule has 1 aliphatic rings. The fourth-order valence-electron chi connectivity index (χ4n) is 3.93. The zero-order chi connectivity index (χ0) is 25.2. The summed E-state index contributed by atoms with van der Waals surface area (Å²) in [5.74, 6) is -2.17. The molecule has 9 heteroatoms. The normalized spacial score (nSPS) is 13.8. The van der Waals surface area contributed by atoms with Crippen LogP contribution in [0.2, 0.25) is 5.02 Å². The summed E-state index contributed by atoms with van der Waals surface area (Å²) in [6.45, 7) is 0.726. The summed E-state index contributed by atoms with van der Waals surface area (Å²) in [5, 5.41) is 23.7. The highest BCUT2D eigenvalue weighted by Crippen LogP contribution is 2.44. The summed E-state index contributed by atoms with van der Waals surface area (Å²) < 4.78 is 5.50. The zero-order valence-electron chi connectivity index (χ0n) is 18.7. The highest BCUT2D eigenvalue weighted by molar-refractivity contribution is 6.34. The molecule has 4 N–H and O–H groups in total. The van der Waals surface area contributed by atoms with E-state index in [0.717, 1.165) is 29.2 Å². The minimum absolute atomic E-state index is 0.0855. The standard InChI is InChI=1S/C26H23ClN2O6/c1-26(34,24(31)32)14-28-23(30)15-10-11-22(21(27)12-15)29-25(33)35-13-20-18-8-4-2-6-16(18)17-7-3-5-9-19(17)20/h2-12,20,34H,13-14H2,1H3,(H,28,30)(H,29,33)(H,31,32). The van der Waals surface area contributed by atoms with Gasteiger partial charge in [-0.3, -0.25) is 10.1 Å². The third-order valence-electron chi connectivity index (χ3n) is 5.87. The van der Waals surface area contributed by atoms with Gasteiger partial charge in [0.2, 0.25) is 0 Å². The second-order valence-electron chi connectivity index (χ2n) is 8.41. The van der Waals surface area contributed by atoms with Gasteiger partial charge < -0.3 is 20.3 Å². The number of anilines is 1. The van der Waals surface area contributed by atoms with Crippen molar-refractivity contribution in [2.75, 3.05) is 18.5 Å². The third kappa shape index (κ3) is 5.13. The van der Waals surface area contributed by atoms with Crippen LogP contribution in [0.4, 0.5) is 10.5 Å². The predicted molar refractivity (Wildman–Crippen MR) is 131 cm³/mol. The van der Waals surface area contributed by atoms with E-state index in [1.807, 2.05) is 36.4 Å². The molecule has 1 unspecified atom stereocenters. The monoisotopic (exact) mass is 494 g/mol. The van der Waals surface area contributed by atoms with Gasteiger partial charge in [-0.1, -0.05) is 60.1 Å². The lowest BCUT2D eigenvalue weighted by Gasteiger charge is -2.18. The number of halogens is 1. The molecule has 4 rings (SSSR count). The Morgan fingerprint density at radius 1 is 1.00 bits per heavy atom. The van der Waals surface area contributed by atoms with E-state index in [-0.39, 0.29) is 28.8 Å². The minimum Gasteiger partial charge on any atom is -0.479 e. The van der Waals surface area contributed by atoms with E-state index in [0.29, 0.717) is 0 Å². The number of hydrogen-bond donors (Lipinski definition) is 4. The molecule has 2 amide bonds. The van der Waals surface area contributed by atoms with E-state index >= 15 is 0 Å². The van der Waals surface area contributed by atoms with Crippen molar-refractivity contribution in [3.8, 4) is 11.1 Å². The van der Waals surface area contributed by atoms with Crippen molar-refractivity contribution < 1.29 is 29.3 Å². The number of carboxylic acids is 1. The molecule has 3 aromatic carbocycles. The number of rotatable bonds is 7. The number of aliphatic carboxylic acids is 1. The zero-order valence-corrected chi connectivity index (χ0v) is 19.5. The van der Waals surface area contributed by atoms with Gasteiger partial charge in [0, 0.05) is 11.5 Å². The van der Waals surface area contributed by atoms with Crippen LogP contribution in [0.3, 0.4) is 0 Å². The van der Waals surface area contributed by atoms with Crippen LogP contribution in [0.25, 0.3) is 11.1 Å². The summed E-state index contributed by atoms with van der Waals surface area (Å²) in [7, 11) is 0. The van der Waals surface area contributed by atoms with E-state index < -0.39 is 30.1 Å². The number of carboxylic acid groups (broad SMARTS) is 1. The first-order valence-corrected chi connectivity index (χ1v) is 11.2. The van der Waals surface area contributed by atoms with Crippen LogP contribution >= 0.6 is 11.6 Å². The number of aliphatic hydroxyl groups is 1. The van der Waals surface area contributed by atoms with Crippen LogP contribution in [-0.2, 0) is 9.53 Å². The van der Waals surface area contributed by atoms with E-state index in [4.69, 9.17) is 21.4 Å². The first-order chi connectivity index (χ1) is 16.7. The molecule has 35 heavy (non-hydrogen) atoms. The Kier molecular flexibility index (Phi) is 6.77. The largest absolute Gasteiger partial charge is 0.479 e. The van der Waals surface area contributed by atoms with Crippen LogP contribution in [0.15, 0.2) is 66.7 Å². The highest BCUT2D eigenvalue weighted by atomic mass is 35.5. The van der Waals surface area contributed by atoms with Gasteiger partial charge >= 0.3 is 12.1 Å². The number of carbonyl (C=O) groups excluding carboxylic acids is 2. The molecule has 0 fully saturated rings. The smallest absolute Gasteiger partial charge is 0.411 e. The van der Waals surface area contributed by atoms with Gasteiger partial charge in [0.25, 0.3) is 5.91 Å². The Labute approximate surface area is 206 Å².